The minimum Gasteiger partial charge on any atom is -0.478 e. The minimum atomic E-state index is -0.419. The zero-order valence-corrected chi connectivity index (χ0v) is 13.9. The molecule has 23 heavy (non-hydrogen) atoms. The van der Waals surface area contributed by atoms with Crippen molar-refractivity contribution in [1.82, 2.24) is 10.1 Å². The van der Waals surface area contributed by atoms with Gasteiger partial charge in [-0.05, 0) is 24.6 Å². The van der Waals surface area contributed by atoms with Crippen LogP contribution < -0.4 is 15.4 Å². The van der Waals surface area contributed by atoms with Crippen LogP contribution in [0, 0.1) is 12.8 Å². The predicted molar refractivity (Wildman–Crippen MR) is 84.4 cm³/mol. The lowest BCUT2D eigenvalue weighted by Crippen LogP contribution is -2.42. The highest BCUT2D eigenvalue weighted by Gasteiger charge is 2.19. The molecule has 0 saturated heterocycles. The Morgan fingerprint density at radius 3 is 2.87 bits per heavy atom. The van der Waals surface area contributed by atoms with Gasteiger partial charge in [0.2, 0.25) is 5.91 Å². The van der Waals surface area contributed by atoms with E-state index in [1.807, 2.05) is 13.8 Å². The summed E-state index contributed by atoms with van der Waals surface area (Å²) in [6.45, 7) is 6.23. The second-order valence-corrected chi connectivity index (χ2v) is 6.43. The van der Waals surface area contributed by atoms with Crippen LogP contribution in [0.3, 0.4) is 0 Å². The van der Waals surface area contributed by atoms with E-state index in [4.69, 9.17) is 4.52 Å². The first-order chi connectivity index (χ1) is 10.8. The number of nitrogens with zero attached hydrogens (tertiary/aromatic N) is 2. The molecule has 124 valence electrons. The SMILES string of the molecule is Cc1cc(NC(=O)CSc2[nH]c(=O)cc(O)[n+]2CC(C)C)no1. The number of carbonyl (C=O) groups excluding carboxylic acids is 1. The van der Waals surface area contributed by atoms with Crippen LogP contribution in [0.15, 0.2) is 26.6 Å². The standard InChI is InChI=1S/C14H18N4O4S/c1-8(2)6-18-13(21)5-11(19)16-14(18)23-7-12(20)15-10-4-9(3)22-17-10/h4-5,8H,6-7H2,1-3H3,(H2,15,17,19,20,21)/p+1. The van der Waals surface area contributed by atoms with E-state index < -0.39 is 5.56 Å². The largest absolute Gasteiger partial charge is 0.478 e. The number of thioether (sulfide) groups is 1. The molecular formula is C14H19N4O4S+. The maximum absolute atomic E-state index is 11.9. The Kier molecular flexibility index (Phi) is 5.43. The number of carbonyl (C=O) groups is 1. The van der Waals surface area contributed by atoms with E-state index in [0.717, 1.165) is 17.8 Å². The number of anilines is 1. The molecule has 0 spiro atoms. The number of rotatable bonds is 6. The van der Waals surface area contributed by atoms with Gasteiger partial charge in [0, 0.05) is 6.07 Å². The highest BCUT2D eigenvalue weighted by Crippen LogP contribution is 2.14. The van der Waals surface area contributed by atoms with Crippen molar-refractivity contribution < 1.29 is 19.0 Å². The first-order valence-electron chi connectivity index (χ1n) is 7.07. The summed E-state index contributed by atoms with van der Waals surface area (Å²) in [5.74, 6) is 0.848. The van der Waals surface area contributed by atoms with Gasteiger partial charge in [0.25, 0.3) is 5.88 Å². The molecule has 3 N–H and O–H groups in total. The third-order valence-corrected chi connectivity index (χ3v) is 3.80. The highest BCUT2D eigenvalue weighted by atomic mass is 32.2. The summed E-state index contributed by atoms with van der Waals surface area (Å²) in [6, 6.07) is 2.72. The van der Waals surface area contributed by atoms with Gasteiger partial charge in [-0.15, -0.1) is 0 Å². The van der Waals surface area contributed by atoms with E-state index in [0.29, 0.717) is 23.3 Å². The Morgan fingerprint density at radius 2 is 2.26 bits per heavy atom. The van der Waals surface area contributed by atoms with E-state index in [9.17, 15) is 14.7 Å². The molecule has 0 fully saturated rings. The Hall–Kier alpha value is -2.29. The van der Waals surface area contributed by atoms with E-state index in [1.54, 1.807) is 17.6 Å². The molecule has 0 bridgehead atoms. The maximum atomic E-state index is 11.9. The number of amides is 1. The molecule has 0 unspecified atom stereocenters. The summed E-state index contributed by atoms with van der Waals surface area (Å²) in [4.78, 5) is 26.1. The molecular weight excluding hydrogens is 320 g/mol. The van der Waals surface area contributed by atoms with Crippen LogP contribution >= 0.6 is 11.8 Å². The third kappa shape index (κ3) is 4.85. The van der Waals surface area contributed by atoms with E-state index in [-0.39, 0.29) is 23.5 Å². The lowest BCUT2D eigenvalue weighted by molar-refractivity contribution is -0.746. The number of nitrogens with one attached hydrogen (secondary N) is 2. The van der Waals surface area contributed by atoms with Crippen LogP contribution in [0.25, 0.3) is 0 Å². The Balaban J connectivity index is 2.07. The lowest BCUT2D eigenvalue weighted by Gasteiger charge is -2.08. The summed E-state index contributed by atoms with van der Waals surface area (Å²) in [5.41, 5.74) is -0.419. The normalized spacial score (nSPS) is 11.0. The van der Waals surface area contributed by atoms with Crippen molar-refractivity contribution in [3.63, 3.8) is 0 Å². The molecule has 0 aromatic carbocycles. The van der Waals surface area contributed by atoms with Crippen LogP contribution in [0.5, 0.6) is 5.88 Å². The fourth-order valence-corrected chi connectivity index (χ4v) is 2.74. The molecule has 0 aliphatic rings. The average Bonchev–Trinajstić information content (AvgIpc) is 2.84. The minimum absolute atomic E-state index is 0.0589. The van der Waals surface area contributed by atoms with E-state index in [2.05, 4.69) is 15.5 Å². The van der Waals surface area contributed by atoms with E-state index in [1.165, 1.54) is 0 Å². The van der Waals surface area contributed by atoms with Gasteiger partial charge in [-0.3, -0.25) is 4.79 Å². The van der Waals surface area contributed by atoms with Crippen molar-refractivity contribution in [3.05, 3.63) is 28.2 Å². The molecule has 2 aromatic rings. The van der Waals surface area contributed by atoms with Crippen molar-refractivity contribution in [3.8, 4) is 5.88 Å². The van der Waals surface area contributed by atoms with Gasteiger partial charge < -0.3 is 14.9 Å². The predicted octanol–water partition coefficient (Wildman–Crippen LogP) is 1.05. The van der Waals surface area contributed by atoms with Gasteiger partial charge in [0.15, 0.2) is 5.82 Å². The van der Waals surface area contributed by atoms with Crippen molar-refractivity contribution >= 4 is 23.5 Å². The third-order valence-electron chi connectivity index (χ3n) is 2.80. The van der Waals surface area contributed by atoms with Crippen LogP contribution in [0.4, 0.5) is 5.82 Å². The van der Waals surface area contributed by atoms with Gasteiger partial charge >= 0.3 is 10.7 Å². The van der Waals surface area contributed by atoms with Crippen molar-refractivity contribution in [1.29, 1.82) is 0 Å². The molecule has 0 radical (unpaired) electrons. The summed E-state index contributed by atoms with van der Waals surface area (Å²) in [6.07, 6.45) is 0. The van der Waals surface area contributed by atoms with Gasteiger partial charge in [-0.2, -0.15) is 4.57 Å². The van der Waals surface area contributed by atoms with Crippen LogP contribution in [0.2, 0.25) is 0 Å². The number of aromatic nitrogens is 3. The molecule has 0 atom stereocenters. The number of aromatic amines is 1. The molecule has 2 heterocycles. The quantitative estimate of drug-likeness (QED) is 0.412. The second kappa shape index (κ2) is 7.32. The zero-order valence-electron chi connectivity index (χ0n) is 13.1. The topological polar surface area (TPSA) is 112 Å². The lowest BCUT2D eigenvalue weighted by atomic mass is 10.2. The van der Waals surface area contributed by atoms with Crippen molar-refractivity contribution in [2.45, 2.75) is 32.5 Å². The fraction of sp³-hybridized carbons (Fsp3) is 0.429. The average molecular weight is 339 g/mol. The molecule has 9 heteroatoms. The number of aryl methyl sites for hydroxylation is 1. The van der Waals surface area contributed by atoms with Crippen LogP contribution in [-0.2, 0) is 11.3 Å². The second-order valence-electron chi connectivity index (χ2n) is 5.46. The molecule has 2 aromatic heterocycles. The maximum Gasteiger partial charge on any atom is 0.339 e. The number of aromatic hydroxyl groups is 1. The number of hydrogen-bond donors (Lipinski definition) is 3. The fourth-order valence-electron chi connectivity index (χ4n) is 1.90. The van der Waals surface area contributed by atoms with Gasteiger partial charge in [-0.1, -0.05) is 19.0 Å². The smallest absolute Gasteiger partial charge is 0.339 e. The monoisotopic (exact) mass is 339 g/mol. The van der Waals surface area contributed by atoms with E-state index >= 15 is 0 Å². The number of H-pyrrole nitrogens is 1. The first-order valence-corrected chi connectivity index (χ1v) is 8.06. The van der Waals surface area contributed by atoms with Gasteiger partial charge in [0.05, 0.1) is 12.3 Å². The molecule has 0 aliphatic heterocycles. The molecule has 0 aliphatic carbocycles. The Morgan fingerprint density at radius 1 is 1.52 bits per heavy atom. The molecule has 1 amide bonds. The molecule has 8 nitrogen and oxygen atoms in total. The Labute approximate surface area is 136 Å². The Bertz CT molecular complexity index is 753. The first kappa shape index (κ1) is 17.1. The van der Waals surface area contributed by atoms with Gasteiger partial charge in [0.1, 0.15) is 11.8 Å². The van der Waals surface area contributed by atoms with Crippen LogP contribution in [0.1, 0.15) is 19.6 Å². The van der Waals surface area contributed by atoms with Crippen molar-refractivity contribution in [2.24, 2.45) is 5.92 Å². The molecule has 0 saturated carbocycles. The highest BCUT2D eigenvalue weighted by molar-refractivity contribution is 7.99. The summed E-state index contributed by atoms with van der Waals surface area (Å²) >= 11 is 1.13. The van der Waals surface area contributed by atoms with Crippen molar-refractivity contribution in [2.75, 3.05) is 11.1 Å². The van der Waals surface area contributed by atoms with Crippen LogP contribution in [-0.4, -0.2) is 26.9 Å². The molecule has 2 rings (SSSR count). The summed E-state index contributed by atoms with van der Waals surface area (Å²) < 4.78 is 6.44. The zero-order chi connectivity index (χ0) is 17.0. The summed E-state index contributed by atoms with van der Waals surface area (Å²) in [5, 5.41) is 16.6. The summed E-state index contributed by atoms with van der Waals surface area (Å²) in [7, 11) is 0. The number of hydrogen-bond acceptors (Lipinski definition) is 6. The van der Waals surface area contributed by atoms with Gasteiger partial charge in [-0.25, -0.2) is 9.78 Å².